The molecule has 0 atom stereocenters. The fourth-order valence-electron chi connectivity index (χ4n) is 1.75. The van der Waals surface area contributed by atoms with E-state index in [1.54, 1.807) is 31.2 Å². The highest BCUT2D eigenvalue weighted by molar-refractivity contribution is 9.10. The van der Waals surface area contributed by atoms with Crippen LogP contribution in [-0.2, 0) is 0 Å². The number of hydrogen-bond donors (Lipinski definition) is 1. The second-order valence-electron chi connectivity index (χ2n) is 4.47. The van der Waals surface area contributed by atoms with Gasteiger partial charge in [-0.15, -0.1) is 0 Å². The number of rotatable bonds is 2. The zero-order valence-corrected chi connectivity index (χ0v) is 13.3. The van der Waals surface area contributed by atoms with E-state index in [0.717, 1.165) is 5.56 Å². The van der Waals surface area contributed by atoms with Crippen molar-refractivity contribution in [1.29, 1.82) is 0 Å². The van der Waals surface area contributed by atoms with Crippen LogP contribution in [-0.4, -0.2) is 5.91 Å². The van der Waals surface area contributed by atoms with Gasteiger partial charge in [0.25, 0.3) is 5.91 Å². The summed E-state index contributed by atoms with van der Waals surface area (Å²) in [6.45, 7) is 3.48. The molecule has 0 radical (unpaired) electrons. The molecule has 0 heterocycles. The number of amides is 1. The van der Waals surface area contributed by atoms with Gasteiger partial charge < -0.3 is 5.32 Å². The van der Waals surface area contributed by atoms with Crippen LogP contribution in [0.3, 0.4) is 0 Å². The first kappa shape index (κ1) is 15.0. The lowest BCUT2D eigenvalue weighted by atomic mass is 10.1. The summed E-state index contributed by atoms with van der Waals surface area (Å²) in [4.78, 5) is 12.1. The normalized spacial score (nSPS) is 10.4. The van der Waals surface area contributed by atoms with Crippen molar-refractivity contribution in [2.75, 3.05) is 5.32 Å². The van der Waals surface area contributed by atoms with E-state index in [1.807, 2.05) is 6.92 Å². The van der Waals surface area contributed by atoms with Crippen LogP contribution in [0.25, 0.3) is 0 Å². The number of carbonyl (C=O) groups excluding carboxylic acids is 1. The summed E-state index contributed by atoms with van der Waals surface area (Å²) < 4.78 is 14.6. The predicted octanol–water partition coefficient (Wildman–Crippen LogP) is 5.11. The lowest BCUT2D eigenvalue weighted by Gasteiger charge is -2.10. The molecular formula is C15H12BrClFNO. The first-order chi connectivity index (χ1) is 9.40. The minimum Gasteiger partial charge on any atom is -0.321 e. The second kappa shape index (κ2) is 5.94. The van der Waals surface area contributed by atoms with Gasteiger partial charge in [0.05, 0.1) is 11.3 Å². The van der Waals surface area contributed by atoms with Crippen molar-refractivity contribution in [3.63, 3.8) is 0 Å². The zero-order valence-electron chi connectivity index (χ0n) is 10.9. The Kier molecular flexibility index (Phi) is 4.45. The summed E-state index contributed by atoms with van der Waals surface area (Å²) in [7, 11) is 0. The third-order valence-corrected chi connectivity index (χ3v) is 4.00. The average Bonchev–Trinajstić information content (AvgIpc) is 2.39. The third kappa shape index (κ3) is 3.02. The van der Waals surface area contributed by atoms with E-state index in [9.17, 15) is 9.18 Å². The Morgan fingerprint density at radius 2 is 1.95 bits per heavy atom. The van der Waals surface area contributed by atoms with Gasteiger partial charge in [0, 0.05) is 9.50 Å². The van der Waals surface area contributed by atoms with Gasteiger partial charge in [-0.25, -0.2) is 4.39 Å². The Bertz CT molecular complexity index is 688. The Morgan fingerprint density at radius 1 is 1.25 bits per heavy atom. The number of halogens is 3. The van der Waals surface area contributed by atoms with Gasteiger partial charge in [0.1, 0.15) is 5.82 Å². The van der Waals surface area contributed by atoms with Crippen LogP contribution < -0.4 is 5.32 Å². The molecule has 0 saturated carbocycles. The van der Waals surface area contributed by atoms with Crippen LogP contribution >= 0.6 is 27.5 Å². The Balaban J connectivity index is 2.33. The van der Waals surface area contributed by atoms with Gasteiger partial charge in [-0.2, -0.15) is 0 Å². The molecule has 2 nitrogen and oxygen atoms in total. The van der Waals surface area contributed by atoms with Crippen molar-refractivity contribution in [3.05, 3.63) is 62.3 Å². The molecule has 0 aliphatic rings. The Labute approximate surface area is 130 Å². The van der Waals surface area contributed by atoms with Crippen molar-refractivity contribution in [2.24, 2.45) is 0 Å². The van der Waals surface area contributed by atoms with Crippen molar-refractivity contribution in [1.82, 2.24) is 0 Å². The van der Waals surface area contributed by atoms with E-state index in [2.05, 4.69) is 21.2 Å². The lowest BCUT2D eigenvalue weighted by molar-refractivity contribution is 0.102. The molecule has 0 bridgehead atoms. The molecule has 2 aromatic carbocycles. The molecule has 0 aromatic heterocycles. The number of hydrogen-bond acceptors (Lipinski definition) is 1. The van der Waals surface area contributed by atoms with E-state index < -0.39 is 11.7 Å². The molecule has 0 spiro atoms. The molecule has 2 rings (SSSR count). The monoisotopic (exact) mass is 355 g/mol. The predicted molar refractivity (Wildman–Crippen MR) is 83.0 cm³/mol. The fourth-order valence-corrected chi connectivity index (χ4v) is 2.48. The van der Waals surface area contributed by atoms with Crippen LogP contribution in [0.15, 0.2) is 34.8 Å². The van der Waals surface area contributed by atoms with Crippen LogP contribution in [0, 0.1) is 19.7 Å². The molecule has 1 N–H and O–H groups in total. The number of aryl methyl sites for hydroxylation is 2. The van der Waals surface area contributed by atoms with Gasteiger partial charge in [0.15, 0.2) is 0 Å². The number of carbonyl (C=O) groups is 1. The molecule has 2 aromatic rings. The highest BCUT2D eigenvalue weighted by Gasteiger charge is 2.15. The summed E-state index contributed by atoms with van der Waals surface area (Å²) in [6, 6.07) is 8.13. The first-order valence-corrected chi connectivity index (χ1v) is 7.09. The molecule has 0 fully saturated rings. The largest absolute Gasteiger partial charge is 0.321 e. The summed E-state index contributed by atoms with van der Waals surface area (Å²) in [5.41, 5.74) is 1.83. The maximum Gasteiger partial charge on any atom is 0.258 e. The summed E-state index contributed by atoms with van der Waals surface area (Å²) in [6.07, 6.45) is 0. The molecule has 1 amide bonds. The number of anilines is 1. The smallest absolute Gasteiger partial charge is 0.258 e. The summed E-state index contributed by atoms with van der Waals surface area (Å²) in [5.74, 6) is -1.02. The van der Waals surface area contributed by atoms with Crippen molar-refractivity contribution < 1.29 is 9.18 Å². The molecule has 0 saturated heterocycles. The minimum absolute atomic E-state index is 0.00796. The van der Waals surface area contributed by atoms with Gasteiger partial charge in [-0.05, 0) is 59.1 Å². The van der Waals surface area contributed by atoms with Gasteiger partial charge in [-0.3, -0.25) is 4.79 Å². The van der Waals surface area contributed by atoms with Gasteiger partial charge in [-0.1, -0.05) is 23.7 Å². The van der Waals surface area contributed by atoms with Crippen LogP contribution in [0.4, 0.5) is 10.1 Å². The highest BCUT2D eigenvalue weighted by atomic mass is 79.9. The summed E-state index contributed by atoms with van der Waals surface area (Å²) >= 11 is 9.37. The van der Waals surface area contributed by atoms with Crippen molar-refractivity contribution in [3.8, 4) is 0 Å². The van der Waals surface area contributed by atoms with Crippen LogP contribution in [0.1, 0.15) is 21.5 Å². The maximum atomic E-state index is 13.9. The van der Waals surface area contributed by atoms with Crippen molar-refractivity contribution >= 4 is 39.1 Å². The average molecular weight is 357 g/mol. The third-order valence-electron chi connectivity index (χ3n) is 2.93. The summed E-state index contributed by atoms with van der Waals surface area (Å²) in [5, 5.41) is 3.19. The maximum absolute atomic E-state index is 13.9. The molecular weight excluding hydrogens is 345 g/mol. The highest BCUT2D eigenvalue weighted by Crippen LogP contribution is 2.29. The van der Waals surface area contributed by atoms with Crippen LogP contribution in [0.2, 0.25) is 5.02 Å². The van der Waals surface area contributed by atoms with E-state index in [4.69, 9.17) is 11.6 Å². The van der Waals surface area contributed by atoms with Gasteiger partial charge >= 0.3 is 0 Å². The van der Waals surface area contributed by atoms with E-state index in [-0.39, 0.29) is 5.56 Å². The van der Waals surface area contributed by atoms with E-state index in [1.165, 1.54) is 6.07 Å². The molecule has 104 valence electrons. The number of nitrogens with one attached hydrogen (secondary N) is 1. The SMILES string of the molecule is Cc1cc(Br)c(NC(=O)c2cccc(C)c2F)cc1Cl. The topological polar surface area (TPSA) is 29.1 Å². The molecule has 5 heteroatoms. The number of benzene rings is 2. The quantitative estimate of drug-likeness (QED) is 0.796. The minimum atomic E-state index is -0.515. The van der Waals surface area contributed by atoms with Gasteiger partial charge in [0.2, 0.25) is 0 Å². The Hall–Kier alpha value is -1.39. The van der Waals surface area contributed by atoms with E-state index >= 15 is 0 Å². The molecule has 0 aliphatic carbocycles. The zero-order chi connectivity index (χ0) is 14.9. The first-order valence-electron chi connectivity index (χ1n) is 5.92. The second-order valence-corrected chi connectivity index (χ2v) is 5.73. The van der Waals surface area contributed by atoms with Crippen molar-refractivity contribution in [2.45, 2.75) is 13.8 Å². The van der Waals surface area contributed by atoms with Crippen LogP contribution in [0.5, 0.6) is 0 Å². The molecule has 0 aliphatic heterocycles. The standard InChI is InChI=1S/C15H12BrClFNO/c1-8-4-3-5-10(14(8)18)15(20)19-13-7-12(17)9(2)6-11(13)16/h3-7H,1-2H3,(H,19,20). The molecule has 20 heavy (non-hydrogen) atoms. The lowest BCUT2D eigenvalue weighted by Crippen LogP contribution is -2.14. The molecule has 0 unspecified atom stereocenters. The fraction of sp³-hybridized carbons (Fsp3) is 0.133. The van der Waals surface area contributed by atoms with E-state index in [0.29, 0.717) is 20.7 Å². The Morgan fingerprint density at radius 3 is 2.65 bits per heavy atom.